The first-order valence-corrected chi connectivity index (χ1v) is 11.6. The van der Waals surface area contributed by atoms with Crippen LogP contribution in [-0.2, 0) is 11.2 Å². The first kappa shape index (κ1) is 24.9. The number of methoxy groups -OCH3 is 3. The zero-order valence-electron chi connectivity index (χ0n) is 19.4. The van der Waals surface area contributed by atoms with Crippen LogP contribution in [0.5, 0.6) is 17.2 Å². The molecule has 0 spiro atoms. The van der Waals surface area contributed by atoms with Gasteiger partial charge in [-0.3, -0.25) is 9.59 Å². The Labute approximate surface area is 203 Å². The summed E-state index contributed by atoms with van der Waals surface area (Å²) in [4.78, 5) is 26.6. The van der Waals surface area contributed by atoms with Crippen LogP contribution in [0.2, 0.25) is 0 Å². The fourth-order valence-electron chi connectivity index (χ4n) is 3.23. The van der Waals surface area contributed by atoms with Crippen molar-refractivity contribution >= 4 is 29.2 Å². The quantitative estimate of drug-likeness (QED) is 0.316. The summed E-state index contributed by atoms with van der Waals surface area (Å²) in [5, 5.41) is 7.55. The molecule has 2 N–H and O–H groups in total. The molecule has 0 aliphatic rings. The van der Waals surface area contributed by atoms with Gasteiger partial charge in [-0.15, -0.1) is 11.3 Å². The summed E-state index contributed by atoms with van der Waals surface area (Å²) in [6, 6.07) is 16.4. The van der Waals surface area contributed by atoms with E-state index in [1.54, 1.807) is 31.4 Å². The van der Waals surface area contributed by atoms with Gasteiger partial charge < -0.3 is 24.8 Å². The van der Waals surface area contributed by atoms with Gasteiger partial charge in [0.15, 0.2) is 11.5 Å². The van der Waals surface area contributed by atoms with Crippen LogP contribution in [0.15, 0.2) is 65.7 Å². The van der Waals surface area contributed by atoms with Crippen LogP contribution in [0.4, 0.5) is 0 Å². The molecule has 3 rings (SSSR count). The van der Waals surface area contributed by atoms with Gasteiger partial charge in [-0.05, 0) is 66.3 Å². The highest BCUT2D eigenvalue weighted by Crippen LogP contribution is 2.27. The summed E-state index contributed by atoms with van der Waals surface area (Å²) in [5.41, 5.74) is 1.68. The van der Waals surface area contributed by atoms with Gasteiger partial charge in [-0.2, -0.15) is 0 Å². The standard InChI is InChI=1S/C26H28N2O5S/c1-31-20-11-8-18(9-12-20)6-4-14-27-26(30)22(17-21-7-5-15-34-21)28-25(29)19-10-13-23(32-2)24(16-19)33-3/h5,7-13,15-17H,4,6,14H2,1-3H3,(H,27,30)(H,28,29)/b22-17-. The SMILES string of the molecule is COc1ccc(CCCNC(=O)/C(=C/c2cccs2)NC(=O)c2ccc(OC)c(OC)c2)cc1. The van der Waals surface area contributed by atoms with Crippen LogP contribution in [0.1, 0.15) is 27.2 Å². The molecule has 0 unspecified atom stereocenters. The van der Waals surface area contributed by atoms with E-state index in [0.29, 0.717) is 23.6 Å². The maximum atomic E-state index is 12.9. The van der Waals surface area contributed by atoms with E-state index >= 15 is 0 Å². The zero-order chi connectivity index (χ0) is 24.3. The van der Waals surface area contributed by atoms with E-state index in [2.05, 4.69) is 10.6 Å². The molecule has 0 saturated carbocycles. The number of nitrogens with one attached hydrogen (secondary N) is 2. The Morgan fingerprint density at radius 2 is 1.71 bits per heavy atom. The lowest BCUT2D eigenvalue weighted by atomic mass is 10.1. The van der Waals surface area contributed by atoms with Crippen LogP contribution in [-0.4, -0.2) is 39.7 Å². The van der Waals surface area contributed by atoms with Gasteiger partial charge >= 0.3 is 0 Å². The fourth-order valence-corrected chi connectivity index (χ4v) is 3.89. The molecule has 0 saturated heterocycles. The summed E-state index contributed by atoms with van der Waals surface area (Å²) in [6.45, 7) is 0.471. The number of ether oxygens (including phenoxy) is 3. The number of hydrogen-bond donors (Lipinski definition) is 2. The van der Waals surface area contributed by atoms with E-state index in [9.17, 15) is 9.59 Å². The molecule has 2 amide bonds. The Kier molecular flexibility index (Phi) is 9.11. The lowest BCUT2D eigenvalue weighted by Gasteiger charge is -2.13. The molecule has 0 aliphatic heterocycles. The minimum Gasteiger partial charge on any atom is -0.497 e. The summed E-state index contributed by atoms with van der Waals surface area (Å²) in [5.74, 6) is 0.990. The highest BCUT2D eigenvalue weighted by Gasteiger charge is 2.16. The number of aryl methyl sites for hydroxylation is 1. The third-order valence-corrected chi connectivity index (χ3v) is 5.87. The molecular weight excluding hydrogens is 452 g/mol. The lowest BCUT2D eigenvalue weighted by molar-refractivity contribution is -0.117. The highest BCUT2D eigenvalue weighted by molar-refractivity contribution is 7.10. The average Bonchev–Trinajstić information content (AvgIpc) is 3.39. The third-order valence-electron chi connectivity index (χ3n) is 5.06. The van der Waals surface area contributed by atoms with Crippen molar-refractivity contribution in [1.29, 1.82) is 0 Å². The summed E-state index contributed by atoms with van der Waals surface area (Å²) in [6.07, 6.45) is 3.24. The molecule has 1 aromatic heterocycles. The smallest absolute Gasteiger partial charge is 0.267 e. The molecular formula is C26H28N2O5S. The fraction of sp³-hybridized carbons (Fsp3) is 0.231. The maximum Gasteiger partial charge on any atom is 0.267 e. The first-order chi connectivity index (χ1) is 16.5. The summed E-state index contributed by atoms with van der Waals surface area (Å²) < 4.78 is 15.7. The zero-order valence-corrected chi connectivity index (χ0v) is 20.2. The second-order valence-corrected chi connectivity index (χ2v) is 8.28. The van der Waals surface area contributed by atoms with Gasteiger partial charge in [0.05, 0.1) is 21.3 Å². The normalized spacial score (nSPS) is 11.0. The van der Waals surface area contributed by atoms with Crippen molar-refractivity contribution in [3.8, 4) is 17.2 Å². The van der Waals surface area contributed by atoms with Crippen molar-refractivity contribution in [2.75, 3.05) is 27.9 Å². The molecule has 0 atom stereocenters. The first-order valence-electron chi connectivity index (χ1n) is 10.7. The van der Waals surface area contributed by atoms with E-state index in [1.807, 2.05) is 41.8 Å². The number of carbonyl (C=O) groups is 2. The van der Waals surface area contributed by atoms with Crippen molar-refractivity contribution in [2.45, 2.75) is 12.8 Å². The van der Waals surface area contributed by atoms with Crippen molar-refractivity contribution in [3.05, 3.63) is 81.7 Å². The average molecular weight is 481 g/mol. The van der Waals surface area contributed by atoms with E-state index in [1.165, 1.54) is 25.6 Å². The van der Waals surface area contributed by atoms with Gasteiger partial charge in [-0.25, -0.2) is 0 Å². The summed E-state index contributed by atoms with van der Waals surface area (Å²) >= 11 is 1.48. The predicted octanol–water partition coefficient (Wildman–Crippen LogP) is 4.29. The van der Waals surface area contributed by atoms with E-state index in [-0.39, 0.29) is 11.6 Å². The molecule has 178 valence electrons. The number of benzene rings is 2. The van der Waals surface area contributed by atoms with E-state index in [4.69, 9.17) is 14.2 Å². The second kappa shape index (κ2) is 12.5. The molecule has 0 radical (unpaired) electrons. The molecule has 0 aliphatic carbocycles. The van der Waals surface area contributed by atoms with E-state index in [0.717, 1.165) is 29.0 Å². The minimum atomic E-state index is -0.419. The maximum absolute atomic E-state index is 12.9. The molecule has 0 fully saturated rings. The number of carbonyl (C=O) groups excluding carboxylic acids is 2. The number of hydrogen-bond acceptors (Lipinski definition) is 6. The summed E-state index contributed by atoms with van der Waals surface area (Å²) in [7, 11) is 4.66. The third kappa shape index (κ3) is 6.86. The Morgan fingerprint density at radius 3 is 2.35 bits per heavy atom. The van der Waals surface area contributed by atoms with Gasteiger partial charge in [-0.1, -0.05) is 18.2 Å². The monoisotopic (exact) mass is 480 g/mol. The van der Waals surface area contributed by atoms with Gasteiger partial charge in [0, 0.05) is 17.0 Å². The Hall–Kier alpha value is -3.78. The minimum absolute atomic E-state index is 0.173. The van der Waals surface area contributed by atoms with Crippen molar-refractivity contribution in [2.24, 2.45) is 0 Å². The Balaban J connectivity index is 1.64. The number of amides is 2. The predicted molar refractivity (Wildman–Crippen MR) is 134 cm³/mol. The van der Waals surface area contributed by atoms with Gasteiger partial charge in [0.2, 0.25) is 0 Å². The molecule has 0 bridgehead atoms. The van der Waals surface area contributed by atoms with Crippen LogP contribution in [0.3, 0.4) is 0 Å². The number of rotatable bonds is 11. The van der Waals surface area contributed by atoms with Gasteiger partial charge in [0.25, 0.3) is 11.8 Å². The molecule has 7 nitrogen and oxygen atoms in total. The van der Waals surface area contributed by atoms with E-state index < -0.39 is 5.91 Å². The second-order valence-electron chi connectivity index (χ2n) is 7.30. The molecule has 1 heterocycles. The highest BCUT2D eigenvalue weighted by atomic mass is 32.1. The van der Waals surface area contributed by atoms with Crippen molar-refractivity contribution in [1.82, 2.24) is 10.6 Å². The molecule has 3 aromatic rings. The Bertz CT molecular complexity index is 1120. The van der Waals surface area contributed by atoms with Crippen molar-refractivity contribution in [3.63, 3.8) is 0 Å². The molecule has 2 aromatic carbocycles. The lowest BCUT2D eigenvalue weighted by Crippen LogP contribution is -2.35. The number of thiophene rings is 1. The van der Waals surface area contributed by atoms with Crippen molar-refractivity contribution < 1.29 is 23.8 Å². The van der Waals surface area contributed by atoms with Crippen LogP contribution in [0, 0.1) is 0 Å². The topological polar surface area (TPSA) is 85.9 Å². The van der Waals surface area contributed by atoms with Crippen LogP contribution >= 0.6 is 11.3 Å². The molecule has 34 heavy (non-hydrogen) atoms. The molecule has 8 heteroatoms. The van der Waals surface area contributed by atoms with Crippen LogP contribution < -0.4 is 24.8 Å². The largest absolute Gasteiger partial charge is 0.497 e. The van der Waals surface area contributed by atoms with Gasteiger partial charge in [0.1, 0.15) is 11.4 Å². The van der Waals surface area contributed by atoms with Crippen LogP contribution in [0.25, 0.3) is 6.08 Å². The Morgan fingerprint density at radius 1 is 0.941 bits per heavy atom.